The van der Waals surface area contributed by atoms with E-state index in [1.54, 1.807) is 12.1 Å². The van der Waals surface area contributed by atoms with Gasteiger partial charge in [0.1, 0.15) is 0 Å². The molecule has 1 aliphatic rings. The first-order chi connectivity index (χ1) is 15.8. The Morgan fingerprint density at radius 1 is 1.12 bits per heavy atom. The van der Waals surface area contributed by atoms with Crippen LogP contribution in [-0.2, 0) is 19.6 Å². The maximum Gasteiger partial charge on any atom is 0.363 e. The molecular formula is C21H14N2O8S2. The van der Waals surface area contributed by atoms with E-state index in [1.807, 2.05) is 5.38 Å². The number of ether oxygens (including phenoxy) is 2. The van der Waals surface area contributed by atoms with E-state index in [0.29, 0.717) is 10.4 Å². The fraction of sp³-hybridized carbons (Fsp3) is 0.0476. The summed E-state index contributed by atoms with van der Waals surface area (Å²) in [5, 5.41) is 13.0. The molecule has 1 aromatic heterocycles. The second kappa shape index (κ2) is 8.84. The number of benzene rings is 2. The first kappa shape index (κ1) is 22.2. The Balaban J connectivity index is 1.64. The van der Waals surface area contributed by atoms with Gasteiger partial charge in [-0.25, -0.2) is 9.79 Å². The molecule has 0 aliphatic carbocycles. The normalized spacial score (nSPS) is 14.6. The molecule has 12 heteroatoms. The number of cyclic esters (lactones) is 1. The van der Waals surface area contributed by atoms with Crippen LogP contribution < -0.4 is 8.92 Å². The van der Waals surface area contributed by atoms with Crippen LogP contribution in [0.4, 0.5) is 5.69 Å². The number of thiophene rings is 1. The van der Waals surface area contributed by atoms with Gasteiger partial charge in [0, 0.05) is 6.07 Å². The number of rotatable bonds is 7. The minimum absolute atomic E-state index is 0.0281. The summed E-state index contributed by atoms with van der Waals surface area (Å²) in [4.78, 5) is 26.8. The topological polar surface area (TPSA) is 134 Å². The van der Waals surface area contributed by atoms with E-state index >= 15 is 0 Å². The molecular weight excluding hydrogens is 472 g/mol. The summed E-state index contributed by atoms with van der Waals surface area (Å²) in [7, 11) is -3.23. The molecule has 0 unspecified atom stereocenters. The average Bonchev–Trinajstić information content (AvgIpc) is 3.45. The number of nitro groups is 1. The number of para-hydroxylation sites is 1. The summed E-state index contributed by atoms with van der Waals surface area (Å²) >= 11 is 1.37. The number of aliphatic imine (C=N–C) groups is 1. The number of hydrogen-bond donors (Lipinski definition) is 0. The van der Waals surface area contributed by atoms with E-state index in [1.165, 1.54) is 54.9 Å². The predicted molar refractivity (Wildman–Crippen MR) is 119 cm³/mol. The standard InChI is InChI=1S/C21H14N2O8S2/c1-29-17-12-13(11-14-21(24)30-20(22-14)18-6-4-10-32-18)8-9-16(17)31-33(27,28)19-7-3-2-5-15(19)23(25)26/h2-12H,1H3/b14-11+. The van der Waals surface area contributed by atoms with E-state index in [2.05, 4.69) is 4.99 Å². The van der Waals surface area contributed by atoms with Gasteiger partial charge in [0.05, 0.1) is 16.9 Å². The van der Waals surface area contributed by atoms with Gasteiger partial charge in [-0.1, -0.05) is 24.3 Å². The van der Waals surface area contributed by atoms with Crippen molar-refractivity contribution in [2.24, 2.45) is 4.99 Å². The van der Waals surface area contributed by atoms with Gasteiger partial charge in [0.25, 0.3) is 5.69 Å². The summed E-state index contributed by atoms with van der Waals surface area (Å²) < 4.78 is 40.9. The van der Waals surface area contributed by atoms with Crippen molar-refractivity contribution >= 4 is 45.1 Å². The zero-order valence-corrected chi connectivity index (χ0v) is 18.5. The maximum atomic E-state index is 12.7. The number of esters is 1. The number of methoxy groups -OCH3 is 1. The van der Waals surface area contributed by atoms with Crippen molar-refractivity contribution in [3.63, 3.8) is 0 Å². The second-order valence-corrected chi connectivity index (χ2v) is 8.95. The number of nitrogens with zero attached hydrogens (tertiary/aromatic N) is 2. The summed E-state index contributed by atoms with van der Waals surface area (Å²) in [6.07, 6.45) is 1.45. The summed E-state index contributed by atoms with van der Waals surface area (Å²) in [6, 6.07) is 12.6. The molecule has 0 fully saturated rings. The van der Waals surface area contributed by atoms with Crippen LogP contribution in [0.3, 0.4) is 0 Å². The van der Waals surface area contributed by atoms with Gasteiger partial charge in [0.15, 0.2) is 22.1 Å². The molecule has 0 spiro atoms. The molecule has 0 saturated carbocycles. The highest BCUT2D eigenvalue weighted by Gasteiger charge is 2.28. The third-order valence-electron chi connectivity index (χ3n) is 4.37. The van der Waals surface area contributed by atoms with Crippen molar-refractivity contribution in [1.82, 2.24) is 0 Å². The number of hydrogen-bond acceptors (Lipinski definition) is 10. The Morgan fingerprint density at radius 3 is 2.61 bits per heavy atom. The smallest absolute Gasteiger partial charge is 0.363 e. The largest absolute Gasteiger partial charge is 0.493 e. The lowest BCUT2D eigenvalue weighted by molar-refractivity contribution is -0.387. The Labute approximate surface area is 191 Å². The zero-order chi connectivity index (χ0) is 23.6. The van der Waals surface area contributed by atoms with Crippen molar-refractivity contribution < 1.29 is 31.8 Å². The highest BCUT2D eigenvalue weighted by molar-refractivity contribution is 7.87. The van der Waals surface area contributed by atoms with E-state index in [0.717, 1.165) is 12.1 Å². The molecule has 0 radical (unpaired) electrons. The van der Waals surface area contributed by atoms with Gasteiger partial charge in [-0.05, 0) is 41.3 Å². The fourth-order valence-electron chi connectivity index (χ4n) is 2.90. The monoisotopic (exact) mass is 486 g/mol. The van der Waals surface area contributed by atoms with Gasteiger partial charge in [-0.3, -0.25) is 10.1 Å². The molecule has 0 saturated heterocycles. The van der Waals surface area contributed by atoms with Crippen LogP contribution in [0.15, 0.2) is 75.6 Å². The summed E-state index contributed by atoms with van der Waals surface area (Å²) in [5.74, 6) is -0.588. The van der Waals surface area contributed by atoms with Crippen molar-refractivity contribution in [2.45, 2.75) is 4.90 Å². The molecule has 2 aromatic carbocycles. The quantitative estimate of drug-likeness (QED) is 0.162. The lowest BCUT2D eigenvalue weighted by Crippen LogP contribution is -2.12. The van der Waals surface area contributed by atoms with E-state index in [9.17, 15) is 23.3 Å². The van der Waals surface area contributed by atoms with Crippen molar-refractivity contribution in [3.05, 3.63) is 86.2 Å². The predicted octanol–water partition coefficient (Wildman–Crippen LogP) is 3.78. The van der Waals surface area contributed by atoms with Crippen LogP contribution in [0.5, 0.6) is 11.5 Å². The van der Waals surface area contributed by atoms with Gasteiger partial charge >= 0.3 is 16.1 Å². The van der Waals surface area contributed by atoms with Crippen molar-refractivity contribution in [2.75, 3.05) is 7.11 Å². The highest BCUT2D eigenvalue weighted by atomic mass is 32.2. The summed E-state index contributed by atoms with van der Waals surface area (Å²) in [6.45, 7) is 0. The molecule has 2 heterocycles. The van der Waals surface area contributed by atoms with Crippen LogP contribution in [0.25, 0.3) is 6.08 Å². The van der Waals surface area contributed by atoms with E-state index in [4.69, 9.17) is 13.7 Å². The third-order valence-corrected chi connectivity index (χ3v) is 6.52. The lowest BCUT2D eigenvalue weighted by atomic mass is 10.1. The Bertz CT molecular complexity index is 1410. The van der Waals surface area contributed by atoms with Gasteiger partial charge in [-0.15, -0.1) is 11.3 Å². The van der Waals surface area contributed by atoms with E-state index in [-0.39, 0.29) is 23.1 Å². The lowest BCUT2D eigenvalue weighted by Gasteiger charge is -2.11. The van der Waals surface area contributed by atoms with Crippen LogP contribution in [-0.4, -0.2) is 32.3 Å². The zero-order valence-electron chi connectivity index (χ0n) is 16.8. The molecule has 4 rings (SSSR count). The third kappa shape index (κ3) is 4.61. The molecule has 0 N–H and O–H groups in total. The van der Waals surface area contributed by atoms with Crippen LogP contribution in [0.2, 0.25) is 0 Å². The molecule has 0 atom stereocenters. The first-order valence-corrected chi connectivity index (χ1v) is 11.5. The van der Waals surface area contributed by atoms with Gasteiger partial charge in [-0.2, -0.15) is 8.42 Å². The fourth-order valence-corrected chi connectivity index (χ4v) is 4.65. The van der Waals surface area contributed by atoms with Crippen molar-refractivity contribution in [3.8, 4) is 11.5 Å². The van der Waals surface area contributed by atoms with Crippen LogP contribution in [0.1, 0.15) is 10.4 Å². The molecule has 168 valence electrons. The Kier molecular flexibility index (Phi) is 5.94. The first-order valence-electron chi connectivity index (χ1n) is 9.21. The van der Waals surface area contributed by atoms with E-state index < -0.39 is 31.6 Å². The number of nitro benzene ring substituents is 1. The van der Waals surface area contributed by atoms with Crippen molar-refractivity contribution in [1.29, 1.82) is 0 Å². The second-order valence-electron chi connectivity index (χ2n) is 6.49. The van der Waals surface area contributed by atoms with Crippen LogP contribution in [0, 0.1) is 10.1 Å². The summed E-state index contributed by atoms with van der Waals surface area (Å²) in [5.41, 5.74) is -0.0935. The molecule has 3 aromatic rings. The molecule has 0 amide bonds. The minimum atomic E-state index is -4.53. The SMILES string of the molecule is COc1cc(/C=C2/N=C(c3cccs3)OC2=O)ccc1OS(=O)(=O)c1ccccc1[N+](=O)[O-]. The average molecular weight is 486 g/mol. The molecule has 1 aliphatic heterocycles. The maximum absolute atomic E-state index is 12.7. The molecule has 33 heavy (non-hydrogen) atoms. The number of carbonyl (C=O) groups is 1. The highest BCUT2D eigenvalue weighted by Crippen LogP contribution is 2.34. The van der Waals surface area contributed by atoms with Crippen LogP contribution >= 0.6 is 11.3 Å². The minimum Gasteiger partial charge on any atom is -0.493 e. The van der Waals surface area contributed by atoms with Gasteiger partial charge in [0.2, 0.25) is 5.90 Å². The molecule has 0 bridgehead atoms. The van der Waals surface area contributed by atoms with Gasteiger partial charge < -0.3 is 13.7 Å². The number of carbonyl (C=O) groups excluding carboxylic acids is 1. The Morgan fingerprint density at radius 2 is 1.91 bits per heavy atom. The molecule has 10 nitrogen and oxygen atoms in total. The Hall–Kier alpha value is -4.03.